The van der Waals surface area contributed by atoms with Crippen LogP contribution in [0.5, 0.6) is 0 Å². The van der Waals surface area contributed by atoms with E-state index in [2.05, 4.69) is 10.5 Å². The predicted molar refractivity (Wildman–Crippen MR) is 74.4 cm³/mol. The highest BCUT2D eigenvalue weighted by Gasteiger charge is 2.21. The van der Waals surface area contributed by atoms with Crippen molar-refractivity contribution < 1.29 is 9.21 Å². The lowest BCUT2D eigenvalue weighted by molar-refractivity contribution is 0.0953. The molecule has 1 amide bonds. The molecule has 0 spiro atoms. The van der Waals surface area contributed by atoms with Crippen LogP contribution in [0.15, 0.2) is 39.8 Å². The van der Waals surface area contributed by atoms with Gasteiger partial charge in [0, 0.05) is 12.4 Å². The maximum atomic E-state index is 12.0. The molecule has 8 nitrogen and oxygen atoms in total. The third-order valence-electron chi connectivity index (χ3n) is 3.21. The Bertz CT molecular complexity index is 873. The topological polar surface area (TPSA) is 108 Å². The number of nitrogens with two attached hydrogens (primary N) is 1. The van der Waals surface area contributed by atoms with Gasteiger partial charge in [0.25, 0.3) is 5.91 Å². The first-order valence-corrected chi connectivity index (χ1v) is 6.21. The Morgan fingerprint density at radius 1 is 1.43 bits per heavy atom. The number of benzene rings is 1. The lowest BCUT2D eigenvalue weighted by Gasteiger charge is -2.01. The number of nitrogens with zero attached hydrogens (tertiary/aromatic N) is 3. The van der Waals surface area contributed by atoms with Crippen LogP contribution >= 0.6 is 0 Å². The van der Waals surface area contributed by atoms with Crippen molar-refractivity contribution in [1.29, 1.82) is 0 Å². The molecule has 0 radical (unpaired) electrons. The SMILES string of the molecule is Cn1cnn(Cc2oc3ccccc3c2C(=O)NN)c1=O. The summed E-state index contributed by atoms with van der Waals surface area (Å²) in [6.07, 6.45) is 1.40. The Labute approximate surface area is 118 Å². The van der Waals surface area contributed by atoms with Crippen molar-refractivity contribution in [2.24, 2.45) is 12.9 Å². The van der Waals surface area contributed by atoms with Crippen LogP contribution in [0.25, 0.3) is 11.0 Å². The monoisotopic (exact) mass is 287 g/mol. The smallest absolute Gasteiger partial charge is 0.345 e. The van der Waals surface area contributed by atoms with Crippen LogP contribution in [0.1, 0.15) is 16.1 Å². The minimum absolute atomic E-state index is 0.0527. The number of hydrogen-bond donors (Lipinski definition) is 2. The van der Waals surface area contributed by atoms with Crippen LogP contribution in [-0.4, -0.2) is 20.3 Å². The predicted octanol–water partition coefficient (Wildman–Crippen LogP) is -0.0202. The highest BCUT2D eigenvalue weighted by Crippen LogP contribution is 2.26. The van der Waals surface area contributed by atoms with Gasteiger partial charge in [-0.25, -0.2) is 15.3 Å². The number of aromatic nitrogens is 3. The van der Waals surface area contributed by atoms with E-state index in [1.54, 1.807) is 31.3 Å². The van der Waals surface area contributed by atoms with Crippen LogP contribution in [0.4, 0.5) is 0 Å². The number of carbonyl (C=O) groups is 1. The lowest BCUT2D eigenvalue weighted by Crippen LogP contribution is -2.31. The summed E-state index contributed by atoms with van der Waals surface area (Å²) in [5.41, 5.74) is 2.66. The molecule has 3 rings (SSSR count). The lowest BCUT2D eigenvalue weighted by atomic mass is 10.1. The van der Waals surface area contributed by atoms with E-state index in [1.165, 1.54) is 15.6 Å². The first kappa shape index (κ1) is 13.1. The first-order valence-electron chi connectivity index (χ1n) is 6.21. The fraction of sp³-hybridized carbons (Fsp3) is 0.154. The Hall–Kier alpha value is -2.87. The number of nitrogens with one attached hydrogen (secondary N) is 1. The van der Waals surface area contributed by atoms with Crippen molar-refractivity contribution in [3.05, 3.63) is 52.4 Å². The molecule has 2 aromatic heterocycles. The number of nitrogen functional groups attached to an aromatic ring is 1. The Kier molecular flexibility index (Phi) is 3.07. The van der Waals surface area contributed by atoms with Crippen molar-refractivity contribution in [3.8, 4) is 0 Å². The van der Waals surface area contributed by atoms with Gasteiger partial charge in [-0.2, -0.15) is 5.10 Å². The van der Waals surface area contributed by atoms with Crippen LogP contribution in [0, 0.1) is 0 Å². The first-order chi connectivity index (χ1) is 10.1. The summed E-state index contributed by atoms with van der Waals surface area (Å²) in [5.74, 6) is 5.08. The number of furan rings is 1. The van der Waals surface area contributed by atoms with Gasteiger partial charge in [0.05, 0.1) is 5.56 Å². The van der Waals surface area contributed by atoms with Crippen molar-refractivity contribution in [2.45, 2.75) is 6.54 Å². The number of para-hydroxylation sites is 1. The van der Waals surface area contributed by atoms with E-state index in [1.807, 2.05) is 0 Å². The van der Waals surface area contributed by atoms with Gasteiger partial charge >= 0.3 is 5.69 Å². The number of rotatable bonds is 3. The number of carbonyl (C=O) groups excluding carboxylic acids is 1. The van der Waals surface area contributed by atoms with Crippen molar-refractivity contribution in [1.82, 2.24) is 19.8 Å². The molecule has 8 heteroatoms. The Balaban J connectivity index is 2.15. The molecule has 3 N–H and O–H groups in total. The standard InChI is InChI=1S/C13H13N5O3/c1-17-7-15-18(13(17)20)6-10-11(12(19)16-14)8-4-2-3-5-9(8)21-10/h2-5,7H,6,14H2,1H3,(H,16,19). The van der Waals surface area contributed by atoms with E-state index >= 15 is 0 Å². The molecule has 0 aliphatic rings. The summed E-state index contributed by atoms with van der Waals surface area (Å²) in [4.78, 5) is 23.8. The second kappa shape index (κ2) is 4.91. The number of aryl methyl sites for hydroxylation is 1. The van der Waals surface area contributed by atoms with Gasteiger partial charge in [-0.3, -0.25) is 14.8 Å². The molecular weight excluding hydrogens is 274 g/mol. The van der Waals surface area contributed by atoms with E-state index in [0.717, 1.165) is 0 Å². The average molecular weight is 287 g/mol. The van der Waals surface area contributed by atoms with E-state index < -0.39 is 5.91 Å². The Morgan fingerprint density at radius 3 is 2.86 bits per heavy atom. The zero-order chi connectivity index (χ0) is 15.0. The van der Waals surface area contributed by atoms with Crippen LogP contribution < -0.4 is 17.0 Å². The van der Waals surface area contributed by atoms with Gasteiger partial charge in [0.2, 0.25) is 0 Å². The van der Waals surface area contributed by atoms with E-state index in [-0.39, 0.29) is 12.2 Å². The number of fused-ring (bicyclic) bond motifs is 1. The van der Waals surface area contributed by atoms with Crippen LogP contribution in [0.3, 0.4) is 0 Å². The quantitative estimate of drug-likeness (QED) is 0.400. The van der Waals surface area contributed by atoms with Gasteiger partial charge in [-0.15, -0.1) is 0 Å². The third kappa shape index (κ3) is 2.11. The maximum absolute atomic E-state index is 12.0. The molecular formula is C13H13N5O3. The third-order valence-corrected chi connectivity index (χ3v) is 3.21. The molecule has 0 aliphatic heterocycles. The summed E-state index contributed by atoms with van der Waals surface area (Å²) >= 11 is 0. The maximum Gasteiger partial charge on any atom is 0.345 e. The van der Waals surface area contributed by atoms with Crippen LogP contribution in [-0.2, 0) is 13.6 Å². The largest absolute Gasteiger partial charge is 0.458 e. The molecule has 0 saturated heterocycles. The van der Waals surface area contributed by atoms with Crippen molar-refractivity contribution in [3.63, 3.8) is 0 Å². The molecule has 0 saturated carbocycles. The summed E-state index contributed by atoms with van der Waals surface area (Å²) in [6, 6.07) is 7.09. The molecule has 0 bridgehead atoms. The summed E-state index contributed by atoms with van der Waals surface area (Å²) in [5, 5.41) is 4.59. The fourth-order valence-electron chi connectivity index (χ4n) is 2.19. The van der Waals surface area contributed by atoms with Crippen molar-refractivity contribution >= 4 is 16.9 Å². The molecule has 2 heterocycles. The number of amides is 1. The summed E-state index contributed by atoms with van der Waals surface area (Å²) in [7, 11) is 1.60. The normalized spacial score (nSPS) is 11.0. The van der Waals surface area contributed by atoms with Gasteiger partial charge in [-0.1, -0.05) is 18.2 Å². The Morgan fingerprint density at radius 2 is 2.19 bits per heavy atom. The molecule has 3 aromatic rings. The van der Waals surface area contributed by atoms with E-state index in [9.17, 15) is 9.59 Å². The van der Waals surface area contributed by atoms with Gasteiger partial charge in [0.1, 0.15) is 24.2 Å². The van der Waals surface area contributed by atoms with E-state index in [0.29, 0.717) is 22.3 Å². The minimum Gasteiger partial charge on any atom is -0.458 e. The fourth-order valence-corrected chi connectivity index (χ4v) is 2.19. The molecule has 21 heavy (non-hydrogen) atoms. The zero-order valence-electron chi connectivity index (χ0n) is 11.2. The van der Waals surface area contributed by atoms with Crippen molar-refractivity contribution in [2.75, 3.05) is 0 Å². The van der Waals surface area contributed by atoms with Gasteiger partial charge in [-0.05, 0) is 6.07 Å². The highest BCUT2D eigenvalue weighted by atomic mass is 16.3. The van der Waals surface area contributed by atoms with Gasteiger partial charge in [0.15, 0.2) is 0 Å². The second-order valence-electron chi connectivity index (χ2n) is 4.55. The molecule has 0 aliphatic carbocycles. The highest BCUT2D eigenvalue weighted by molar-refractivity contribution is 6.07. The van der Waals surface area contributed by atoms with E-state index in [4.69, 9.17) is 10.3 Å². The summed E-state index contributed by atoms with van der Waals surface area (Å²) < 4.78 is 8.22. The number of hydrazine groups is 1. The average Bonchev–Trinajstić information content (AvgIpc) is 3.01. The molecule has 108 valence electrons. The molecule has 1 aromatic carbocycles. The second-order valence-corrected chi connectivity index (χ2v) is 4.55. The number of hydrogen-bond acceptors (Lipinski definition) is 5. The van der Waals surface area contributed by atoms with Crippen LogP contribution in [0.2, 0.25) is 0 Å². The molecule has 0 atom stereocenters. The minimum atomic E-state index is -0.473. The van der Waals surface area contributed by atoms with Gasteiger partial charge < -0.3 is 4.42 Å². The molecule has 0 fully saturated rings. The zero-order valence-corrected chi connectivity index (χ0v) is 11.2. The summed E-state index contributed by atoms with van der Waals surface area (Å²) in [6.45, 7) is 0.0527. The molecule has 0 unspecified atom stereocenters.